The zero-order chi connectivity index (χ0) is 11.3. The lowest BCUT2D eigenvalue weighted by Crippen LogP contribution is -1.95. The summed E-state index contributed by atoms with van der Waals surface area (Å²) in [5.41, 5.74) is 5.34. The Balaban J connectivity index is 2.95. The van der Waals surface area contributed by atoms with Crippen LogP contribution in [0.5, 0.6) is 0 Å². The van der Waals surface area contributed by atoms with E-state index in [1.54, 1.807) is 6.08 Å². The summed E-state index contributed by atoms with van der Waals surface area (Å²) < 4.78 is 13.2. The Morgan fingerprint density at radius 3 is 2.87 bits per heavy atom. The average molecular weight is 210 g/mol. The van der Waals surface area contributed by atoms with Crippen LogP contribution < -0.4 is 5.73 Å². The topological polar surface area (TPSA) is 69.2 Å². The number of nitrogens with two attached hydrogens (primary N) is 1. The highest BCUT2D eigenvalue weighted by atomic mass is 19.1. The van der Waals surface area contributed by atoms with Crippen LogP contribution >= 0.6 is 0 Å². The molecule has 15 heavy (non-hydrogen) atoms. The molecule has 0 amide bonds. The maximum Gasteiger partial charge on any atom is 0.270 e. The summed E-state index contributed by atoms with van der Waals surface area (Å²) in [5, 5.41) is 10.4. The predicted octanol–water partition coefficient (Wildman–Crippen LogP) is 2.10. The fraction of sp³-hybridized carbons (Fsp3) is 0.200. The molecule has 0 heterocycles. The van der Waals surface area contributed by atoms with Crippen LogP contribution in [0.2, 0.25) is 0 Å². The van der Waals surface area contributed by atoms with E-state index in [2.05, 4.69) is 0 Å². The van der Waals surface area contributed by atoms with Crippen LogP contribution in [0, 0.1) is 15.9 Å². The molecule has 0 aliphatic heterocycles. The van der Waals surface area contributed by atoms with Gasteiger partial charge in [0.2, 0.25) is 0 Å². The summed E-state index contributed by atoms with van der Waals surface area (Å²) in [4.78, 5) is 9.88. The van der Waals surface area contributed by atoms with Crippen LogP contribution in [-0.2, 0) is 0 Å². The van der Waals surface area contributed by atoms with Gasteiger partial charge in [-0.25, -0.2) is 4.39 Å². The molecule has 0 aromatic heterocycles. The lowest BCUT2D eigenvalue weighted by Gasteiger charge is -1.96. The van der Waals surface area contributed by atoms with Gasteiger partial charge in [-0.15, -0.1) is 0 Å². The molecule has 1 rings (SSSR count). The smallest absolute Gasteiger partial charge is 0.270 e. The third kappa shape index (κ3) is 3.14. The molecule has 0 atom stereocenters. The Bertz CT molecular complexity index is 391. The van der Waals surface area contributed by atoms with E-state index in [9.17, 15) is 14.5 Å². The molecule has 0 unspecified atom stereocenters. The van der Waals surface area contributed by atoms with Gasteiger partial charge in [0.15, 0.2) is 0 Å². The van der Waals surface area contributed by atoms with Crippen molar-refractivity contribution in [3.63, 3.8) is 0 Å². The van der Waals surface area contributed by atoms with Gasteiger partial charge < -0.3 is 5.73 Å². The third-order valence-electron chi connectivity index (χ3n) is 1.82. The van der Waals surface area contributed by atoms with Crippen molar-refractivity contribution in [2.45, 2.75) is 6.42 Å². The number of benzene rings is 1. The summed E-state index contributed by atoms with van der Waals surface area (Å²) in [6, 6.07) is 3.41. The van der Waals surface area contributed by atoms with Crippen molar-refractivity contribution in [2.75, 3.05) is 6.54 Å². The van der Waals surface area contributed by atoms with Crippen molar-refractivity contribution in [3.05, 3.63) is 45.8 Å². The van der Waals surface area contributed by atoms with Crippen LogP contribution in [0.4, 0.5) is 10.1 Å². The minimum absolute atomic E-state index is 0.121. The minimum Gasteiger partial charge on any atom is -0.330 e. The van der Waals surface area contributed by atoms with Gasteiger partial charge in [0.25, 0.3) is 5.69 Å². The van der Waals surface area contributed by atoms with Crippen molar-refractivity contribution < 1.29 is 9.31 Å². The number of rotatable bonds is 4. The average Bonchev–Trinajstić information content (AvgIpc) is 2.20. The van der Waals surface area contributed by atoms with E-state index in [1.165, 1.54) is 12.1 Å². The summed E-state index contributed by atoms with van der Waals surface area (Å²) in [6.07, 6.45) is 3.79. The van der Waals surface area contributed by atoms with Gasteiger partial charge in [0, 0.05) is 17.7 Å². The first-order valence-electron chi connectivity index (χ1n) is 4.45. The molecule has 4 nitrogen and oxygen atoms in total. The monoisotopic (exact) mass is 210 g/mol. The largest absolute Gasteiger partial charge is 0.330 e. The van der Waals surface area contributed by atoms with E-state index in [4.69, 9.17) is 5.73 Å². The number of hydrogen-bond acceptors (Lipinski definition) is 3. The maximum atomic E-state index is 13.2. The van der Waals surface area contributed by atoms with E-state index in [0.29, 0.717) is 13.0 Å². The number of nitro groups is 1. The number of nitrogens with zero attached hydrogens (tertiary/aromatic N) is 1. The SMILES string of the molecule is NCCC=Cc1cc([N+](=O)[O-])ccc1F. The molecule has 80 valence electrons. The minimum atomic E-state index is -0.556. The Kier molecular flexibility index (Phi) is 3.93. The second kappa shape index (κ2) is 5.21. The van der Waals surface area contributed by atoms with E-state index >= 15 is 0 Å². The lowest BCUT2D eigenvalue weighted by atomic mass is 10.1. The molecule has 0 aliphatic carbocycles. The molecule has 0 aliphatic rings. The first-order valence-corrected chi connectivity index (χ1v) is 4.45. The highest BCUT2D eigenvalue weighted by Crippen LogP contribution is 2.17. The molecule has 5 heteroatoms. The number of hydrogen-bond donors (Lipinski definition) is 1. The molecule has 0 spiro atoms. The molecule has 0 saturated carbocycles. The van der Waals surface area contributed by atoms with Gasteiger partial charge in [-0.1, -0.05) is 12.2 Å². The van der Waals surface area contributed by atoms with Gasteiger partial charge in [0.1, 0.15) is 5.82 Å². The van der Waals surface area contributed by atoms with Crippen molar-refractivity contribution in [1.29, 1.82) is 0 Å². The van der Waals surface area contributed by atoms with Crippen LogP contribution in [0.15, 0.2) is 24.3 Å². The zero-order valence-electron chi connectivity index (χ0n) is 8.02. The summed E-state index contributed by atoms with van der Waals surface area (Å²) in [5.74, 6) is -0.478. The van der Waals surface area contributed by atoms with Gasteiger partial charge in [0.05, 0.1) is 4.92 Å². The maximum absolute atomic E-state index is 13.2. The molecule has 2 N–H and O–H groups in total. The zero-order valence-corrected chi connectivity index (χ0v) is 8.02. The molecule has 0 saturated heterocycles. The first kappa shape index (κ1) is 11.3. The molecule has 0 fully saturated rings. The van der Waals surface area contributed by atoms with E-state index in [0.717, 1.165) is 12.1 Å². The molecule has 0 bridgehead atoms. The van der Waals surface area contributed by atoms with Crippen molar-refractivity contribution in [3.8, 4) is 0 Å². The van der Waals surface area contributed by atoms with Crippen LogP contribution in [-0.4, -0.2) is 11.5 Å². The van der Waals surface area contributed by atoms with E-state index in [-0.39, 0.29) is 11.3 Å². The quantitative estimate of drug-likeness (QED) is 0.611. The van der Waals surface area contributed by atoms with Gasteiger partial charge in [-0.3, -0.25) is 10.1 Å². The Morgan fingerprint density at radius 2 is 2.27 bits per heavy atom. The molecule has 0 radical (unpaired) electrons. The summed E-state index contributed by atoms with van der Waals surface area (Å²) >= 11 is 0. The fourth-order valence-electron chi connectivity index (χ4n) is 1.08. The van der Waals surface area contributed by atoms with E-state index < -0.39 is 10.7 Å². The van der Waals surface area contributed by atoms with Crippen LogP contribution in [0.3, 0.4) is 0 Å². The number of halogens is 1. The summed E-state index contributed by atoms with van der Waals surface area (Å²) in [6.45, 7) is 0.465. The Morgan fingerprint density at radius 1 is 1.53 bits per heavy atom. The number of non-ortho nitro benzene ring substituents is 1. The number of nitro benzene ring substituents is 1. The van der Waals surface area contributed by atoms with Crippen molar-refractivity contribution in [2.24, 2.45) is 5.73 Å². The van der Waals surface area contributed by atoms with Crippen LogP contribution in [0.25, 0.3) is 6.08 Å². The summed E-state index contributed by atoms with van der Waals surface area (Å²) in [7, 11) is 0. The molecule has 1 aromatic carbocycles. The molecular weight excluding hydrogens is 199 g/mol. The second-order valence-electron chi connectivity index (χ2n) is 2.94. The molecule has 1 aromatic rings. The third-order valence-corrected chi connectivity index (χ3v) is 1.82. The second-order valence-corrected chi connectivity index (χ2v) is 2.94. The van der Waals surface area contributed by atoms with Gasteiger partial charge in [-0.2, -0.15) is 0 Å². The Labute approximate surface area is 86.4 Å². The first-order chi connectivity index (χ1) is 7.15. The fourth-order valence-corrected chi connectivity index (χ4v) is 1.08. The predicted molar refractivity (Wildman–Crippen MR) is 55.8 cm³/mol. The van der Waals surface area contributed by atoms with E-state index in [1.807, 2.05) is 0 Å². The normalized spacial score (nSPS) is 10.8. The highest BCUT2D eigenvalue weighted by Gasteiger charge is 2.08. The van der Waals surface area contributed by atoms with Gasteiger partial charge >= 0.3 is 0 Å². The van der Waals surface area contributed by atoms with Crippen molar-refractivity contribution in [1.82, 2.24) is 0 Å². The molecular formula is C10H11FN2O2. The van der Waals surface area contributed by atoms with Crippen molar-refractivity contribution >= 4 is 11.8 Å². The van der Waals surface area contributed by atoms with Crippen LogP contribution in [0.1, 0.15) is 12.0 Å². The highest BCUT2D eigenvalue weighted by molar-refractivity contribution is 5.54. The Hall–Kier alpha value is -1.75. The standard InChI is InChI=1S/C10H11FN2O2/c11-10-5-4-9(13(14)15)7-8(10)3-1-2-6-12/h1,3-5,7H,2,6,12H2. The van der Waals surface area contributed by atoms with Gasteiger partial charge in [-0.05, 0) is 19.0 Å². The lowest BCUT2D eigenvalue weighted by molar-refractivity contribution is -0.384.